The van der Waals surface area contributed by atoms with E-state index in [0.717, 1.165) is 36.3 Å². The highest BCUT2D eigenvalue weighted by molar-refractivity contribution is 7.90. The number of aryl methyl sites for hydroxylation is 1. The molecule has 6 nitrogen and oxygen atoms in total. The number of benzene rings is 1. The lowest BCUT2D eigenvalue weighted by atomic mass is 10.1. The van der Waals surface area contributed by atoms with Gasteiger partial charge in [-0.25, -0.2) is 22.8 Å². The van der Waals surface area contributed by atoms with Crippen LogP contribution < -0.4 is 4.72 Å². The summed E-state index contributed by atoms with van der Waals surface area (Å²) in [5, 5.41) is 3.75. The summed E-state index contributed by atoms with van der Waals surface area (Å²) in [4.78, 5) is 4.21. The van der Waals surface area contributed by atoms with Crippen molar-refractivity contribution in [2.75, 3.05) is 0 Å². The molecule has 0 radical (unpaired) electrons. The molecule has 1 aromatic heterocycles. The molecular formula is C15H18N4O2S. The van der Waals surface area contributed by atoms with Gasteiger partial charge in [-0.05, 0) is 36.8 Å². The molecule has 2 aromatic rings. The van der Waals surface area contributed by atoms with Crippen LogP contribution in [0.1, 0.15) is 35.8 Å². The average Bonchev–Trinajstić information content (AvgIpc) is 3.14. The number of rotatable bonds is 3. The minimum absolute atomic E-state index is 0.259. The topological polar surface area (TPSA) is 76.9 Å². The van der Waals surface area contributed by atoms with Gasteiger partial charge < -0.3 is 0 Å². The van der Waals surface area contributed by atoms with E-state index in [2.05, 4.69) is 14.8 Å². The van der Waals surface area contributed by atoms with Crippen LogP contribution in [0, 0.1) is 0 Å². The second-order valence-corrected chi connectivity index (χ2v) is 7.99. The molecule has 4 rings (SSSR count). The molecule has 0 spiro atoms. The van der Waals surface area contributed by atoms with Gasteiger partial charge in [-0.1, -0.05) is 24.3 Å². The summed E-state index contributed by atoms with van der Waals surface area (Å²) in [6.07, 6.45) is 4.36. The maximum Gasteiger partial charge on any atom is 0.215 e. The normalized spacial score (nSPS) is 21.5. The SMILES string of the molecule is O=S(=O)(NC1CCCn2ncnc21)C1Cc2ccccc2C1. The summed E-state index contributed by atoms with van der Waals surface area (Å²) in [6.45, 7) is 0.808. The van der Waals surface area contributed by atoms with Crippen LogP contribution in [0.2, 0.25) is 0 Å². The number of hydrogen-bond donors (Lipinski definition) is 1. The largest absolute Gasteiger partial charge is 0.248 e. The molecule has 1 N–H and O–H groups in total. The van der Waals surface area contributed by atoms with Crippen LogP contribution in [-0.2, 0) is 29.4 Å². The number of nitrogens with one attached hydrogen (secondary N) is 1. The van der Waals surface area contributed by atoms with Gasteiger partial charge in [0.25, 0.3) is 0 Å². The van der Waals surface area contributed by atoms with Gasteiger partial charge in [0.15, 0.2) is 0 Å². The Morgan fingerprint density at radius 3 is 2.64 bits per heavy atom. The summed E-state index contributed by atoms with van der Waals surface area (Å²) >= 11 is 0. The molecule has 116 valence electrons. The van der Waals surface area contributed by atoms with Crippen molar-refractivity contribution in [3.8, 4) is 0 Å². The lowest BCUT2D eigenvalue weighted by molar-refractivity contribution is 0.398. The predicted molar refractivity (Wildman–Crippen MR) is 81.7 cm³/mol. The lowest BCUT2D eigenvalue weighted by Crippen LogP contribution is -2.39. The van der Waals surface area contributed by atoms with Crippen LogP contribution in [0.25, 0.3) is 0 Å². The van der Waals surface area contributed by atoms with Gasteiger partial charge in [0.05, 0.1) is 11.3 Å². The average molecular weight is 318 g/mol. The van der Waals surface area contributed by atoms with E-state index in [1.54, 1.807) is 4.68 Å². The molecule has 0 saturated heterocycles. The van der Waals surface area contributed by atoms with Gasteiger partial charge in [-0.2, -0.15) is 5.10 Å². The third-order valence-electron chi connectivity index (χ3n) is 4.58. The van der Waals surface area contributed by atoms with Crippen molar-refractivity contribution >= 4 is 10.0 Å². The second-order valence-electron chi connectivity index (χ2n) is 6.00. The van der Waals surface area contributed by atoms with Crippen LogP contribution in [0.4, 0.5) is 0 Å². The van der Waals surface area contributed by atoms with Crippen LogP contribution >= 0.6 is 0 Å². The smallest absolute Gasteiger partial charge is 0.215 e. The number of nitrogens with zero attached hydrogens (tertiary/aromatic N) is 3. The number of aromatic nitrogens is 3. The first-order valence-corrected chi connectivity index (χ1v) is 9.14. The van der Waals surface area contributed by atoms with Crippen LogP contribution in [-0.4, -0.2) is 28.4 Å². The standard InChI is InChI=1S/C15H18N4O2S/c20-22(21,13-8-11-4-1-2-5-12(11)9-13)18-14-6-3-7-19-15(14)16-10-17-19/h1-2,4-5,10,13-14,18H,3,6-9H2. The molecule has 1 aliphatic carbocycles. The number of fused-ring (bicyclic) bond motifs is 2. The molecule has 7 heteroatoms. The van der Waals surface area contributed by atoms with Crippen LogP contribution in [0.3, 0.4) is 0 Å². The molecule has 0 bridgehead atoms. The zero-order chi connectivity index (χ0) is 15.2. The first-order valence-electron chi connectivity index (χ1n) is 7.59. The van der Waals surface area contributed by atoms with Crippen molar-refractivity contribution in [1.82, 2.24) is 19.5 Å². The maximum absolute atomic E-state index is 12.7. The highest BCUT2D eigenvalue weighted by atomic mass is 32.2. The Morgan fingerprint density at radius 1 is 1.18 bits per heavy atom. The molecule has 1 aliphatic heterocycles. The van der Waals surface area contributed by atoms with E-state index < -0.39 is 10.0 Å². The quantitative estimate of drug-likeness (QED) is 0.922. The zero-order valence-electron chi connectivity index (χ0n) is 12.1. The highest BCUT2D eigenvalue weighted by Crippen LogP contribution is 2.29. The molecule has 1 unspecified atom stereocenters. The van der Waals surface area contributed by atoms with Gasteiger partial charge in [-0.15, -0.1) is 0 Å². The van der Waals surface area contributed by atoms with E-state index in [-0.39, 0.29) is 11.3 Å². The van der Waals surface area contributed by atoms with Gasteiger partial charge in [0.2, 0.25) is 10.0 Å². The van der Waals surface area contributed by atoms with Crippen molar-refractivity contribution in [1.29, 1.82) is 0 Å². The fourth-order valence-corrected chi connectivity index (χ4v) is 5.04. The van der Waals surface area contributed by atoms with Gasteiger partial charge in [0, 0.05) is 6.54 Å². The summed E-state index contributed by atoms with van der Waals surface area (Å²) in [5.41, 5.74) is 2.29. The Hall–Kier alpha value is -1.73. The Kier molecular flexibility index (Phi) is 3.27. The highest BCUT2D eigenvalue weighted by Gasteiger charge is 2.35. The minimum atomic E-state index is -3.38. The molecule has 0 amide bonds. The van der Waals surface area contributed by atoms with E-state index in [1.165, 1.54) is 6.33 Å². The fraction of sp³-hybridized carbons (Fsp3) is 0.467. The first kappa shape index (κ1) is 13.9. The van der Waals surface area contributed by atoms with E-state index in [9.17, 15) is 8.42 Å². The molecular weight excluding hydrogens is 300 g/mol. The van der Waals surface area contributed by atoms with Crippen molar-refractivity contribution in [2.24, 2.45) is 0 Å². The summed E-state index contributed by atoms with van der Waals surface area (Å²) < 4.78 is 30.1. The van der Waals surface area contributed by atoms with Crippen molar-refractivity contribution in [3.05, 3.63) is 47.5 Å². The monoisotopic (exact) mass is 318 g/mol. The predicted octanol–water partition coefficient (Wildman–Crippen LogP) is 1.20. The fourth-order valence-electron chi connectivity index (χ4n) is 3.43. The van der Waals surface area contributed by atoms with Crippen molar-refractivity contribution in [2.45, 2.75) is 43.5 Å². The van der Waals surface area contributed by atoms with Crippen molar-refractivity contribution < 1.29 is 8.42 Å². The lowest BCUT2D eigenvalue weighted by Gasteiger charge is -2.24. The molecule has 22 heavy (non-hydrogen) atoms. The van der Waals surface area contributed by atoms with Gasteiger partial charge >= 0.3 is 0 Å². The Labute approximate surface area is 129 Å². The van der Waals surface area contributed by atoms with Crippen LogP contribution in [0.15, 0.2) is 30.6 Å². The van der Waals surface area contributed by atoms with Gasteiger partial charge in [0.1, 0.15) is 12.2 Å². The second kappa shape index (κ2) is 5.17. The molecule has 2 heterocycles. The van der Waals surface area contributed by atoms with Gasteiger partial charge in [-0.3, -0.25) is 0 Å². The molecule has 1 aromatic carbocycles. The number of sulfonamides is 1. The number of hydrogen-bond acceptors (Lipinski definition) is 4. The third-order valence-corrected chi connectivity index (χ3v) is 6.40. The Balaban J connectivity index is 1.55. The first-order chi connectivity index (χ1) is 10.6. The summed E-state index contributed by atoms with van der Waals surface area (Å²) in [6, 6.07) is 7.70. The zero-order valence-corrected chi connectivity index (χ0v) is 13.0. The van der Waals surface area contributed by atoms with Crippen LogP contribution in [0.5, 0.6) is 0 Å². The Morgan fingerprint density at radius 2 is 1.91 bits per heavy atom. The molecule has 1 atom stereocenters. The minimum Gasteiger partial charge on any atom is -0.248 e. The summed E-state index contributed by atoms with van der Waals surface area (Å²) in [7, 11) is -3.38. The molecule has 2 aliphatic rings. The Bertz CT molecular complexity index is 774. The summed E-state index contributed by atoms with van der Waals surface area (Å²) in [5.74, 6) is 0.727. The maximum atomic E-state index is 12.7. The van der Waals surface area contributed by atoms with E-state index >= 15 is 0 Å². The molecule has 0 fully saturated rings. The van der Waals surface area contributed by atoms with E-state index in [4.69, 9.17) is 0 Å². The van der Waals surface area contributed by atoms with E-state index in [1.807, 2.05) is 24.3 Å². The molecule has 0 saturated carbocycles. The van der Waals surface area contributed by atoms with E-state index in [0.29, 0.717) is 12.8 Å². The van der Waals surface area contributed by atoms with Crippen molar-refractivity contribution in [3.63, 3.8) is 0 Å². The third kappa shape index (κ3) is 2.34.